The fraction of sp³-hybridized carbons (Fsp3) is 0.562. The number of benzene rings is 1. The molecule has 0 amide bonds. The Labute approximate surface area is 154 Å². The predicted octanol–water partition coefficient (Wildman–Crippen LogP) is 1.55. The number of rotatable bonds is 6. The molecule has 130 valence electrons. The first-order valence-corrected chi connectivity index (χ1v) is 7.49. The Balaban J connectivity index is 0.00000264. The van der Waals surface area contributed by atoms with Crippen LogP contribution in [-0.4, -0.2) is 50.5 Å². The molecule has 1 atom stereocenters. The van der Waals surface area contributed by atoms with Crippen LogP contribution in [0.25, 0.3) is 0 Å². The number of ether oxygens (including phenoxy) is 2. The summed E-state index contributed by atoms with van der Waals surface area (Å²) >= 11 is 0. The van der Waals surface area contributed by atoms with E-state index in [2.05, 4.69) is 15.6 Å². The number of hydrogen-bond donors (Lipinski definition) is 3. The van der Waals surface area contributed by atoms with Crippen LogP contribution in [0.3, 0.4) is 0 Å². The molecule has 0 radical (unpaired) electrons. The summed E-state index contributed by atoms with van der Waals surface area (Å²) in [6.45, 7) is 3.98. The maximum Gasteiger partial charge on any atom is 0.191 e. The highest BCUT2D eigenvalue weighted by molar-refractivity contribution is 14.0. The second-order valence-corrected chi connectivity index (χ2v) is 5.73. The van der Waals surface area contributed by atoms with Gasteiger partial charge in [-0.1, -0.05) is 6.07 Å². The van der Waals surface area contributed by atoms with Gasteiger partial charge in [-0.3, -0.25) is 4.99 Å². The van der Waals surface area contributed by atoms with Crippen LogP contribution in [0.2, 0.25) is 0 Å². The molecule has 1 aliphatic heterocycles. The lowest BCUT2D eigenvalue weighted by molar-refractivity contribution is 0.0646. The third kappa shape index (κ3) is 6.06. The molecule has 1 aliphatic rings. The standard InChI is InChI=1S/C16H25N3O3.HI/c1-16(20,11-19-15-17-7-4-8-18-15)10-12-5-6-13(21-2)14(9-12)22-3;/h5-6,9,20H,4,7-8,10-11H2,1-3H3,(H2,17,18,19);1H. The minimum atomic E-state index is -0.888. The summed E-state index contributed by atoms with van der Waals surface area (Å²) in [6.07, 6.45) is 1.56. The van der Waals surface area contributed by atoms with Gasteiger partial charge in [0.1, 0.15) is 0 Å². The zero-order valence-electron chi connectivity index (χ0n) is 13.9. The highest BCUT2D eigenvalue weighted by Crippen LogP contribution is 2.28. The second-order valence-electron chi connectivity index (χ2n) is 5.73. The van der Waals surface area contributed by atoms with Crippen LogP contribution in [0.4, 0.5) is 0 Å². The lowest BCUT2D eigenvalue weighted by atomic mass is 9.96. The fourth-order valence-corrected chi connectivity index (χ4v) is 2.42. The van der Waals surface area contributed by atoms with Gasteiger partial charge in [-0.15, -0.1) is 24.0 Å². The summed E-state index contributed by atoms with van der Waals surface area (Å²) in [5, 5.41) is 16.9. The van der Waals surface area contributed by atoms with E-state index in [9.17, 15) is 5.11 Å². The maximum atomic E-state index is 10.6. The molecule has 0 bridgehead atoms. The van der Waals surface area contributed by atoms with Crippen molar-refractivity contribution in [3.05, 3.63) is 23.8 Å². The molecule has 0 saturated carbocycles. The van der Waals surface area contributed by atoms with Gasteiger partial charge in [-0.05, 0) is 31.0 Å². The first-order chi connectivity index (χ1) is 10.5. The number of methoxy groups -OCH3 is 2. The SMILES string of the molecule is COc1ccc(CC(C)(O)CNC2=NCCCN2)cc1OC.I. The topological polar surface area (TPSA) is 75.1 Å². The van der Waals surface area contributed by atoms with Gasteiger partial charge in [0.05, 0.1) is 19.8 Å². The van der Waals surface area contributed by atoms with Gasteiger partial charge in [-0.25, -0.2) is 0 Å². The number of halogens is 1. The zero-order valence-corrected chi connectivity index (χ0v) is 16.2. The van der Waals surface area contributed by atoms with Crippen molar-refractivity contribution in [2.24, 2.45) is 4.99 Å². The highest BCUT2D eigenvalue weighted by atomic mass is 127. The van der Waals surface area contributed by atoms with Crippen LogP contribution >= 0.6 is 24.0 Å². The average Bonchev–Trinajstić information content (AvgIpc) is 2.53. The Morgan fingerprint density at radius 3 is 2.65 bits per heavy atom. The van der Waals surface area contributed by atoms with E-state index in [-0.39, 0.29) is 24.0 Å². The Kier molecular flexibility index (Phi) is 7.90. The highest BCUT2D eigenvalue weighted by Gasteiger charge is 2.22. The van der Waals surface area contributed by atoms with E-state index in [1.165, 1.54) is 0 Å². The van der Waals surface area contributed by atoms with Gasteiger partial charge >= 0.3 is 0 Å². The van der Waals surface area contributed by atoms with Gasteiger partial charge in [0.15, 0.2) is 17.5 Å². The predicted molar refractivity (Wildman–Crippen MR) is 102 cm³/mol. The molecule has 3 N–H and O–H groups in total. The number of aliphatic hydroxyl groups is 1. The molecule has 6 nitrogen and oxygen atoms in total. The summed E-state index contributed by atoms with van der Waals surface area (Å²) in [5.74, 6) is 2.12. The van der Waals surface area contributed by atoms with Crippen LogP contribution in [0.15, 0.2) is 23.2 Å². The number of guanidine groups is 1. The van der Waals surface area contributed by atoms with Crippen molar-refractivity contribution in [3.63, 3.8) is 0 Å². The monoisotopic (exact) mass is 435 g/mol. The first kappa shape index (κ1) is 19.8. The second kappa shape index (κ2) is 9.17. The molecule has 1 aromatic carbocycles. The van der Waals surface area contributed by atoms with Gasteiger partial charge in [0.25, 0.3) is 0 Å². The molecule has 2 rings (SSSR count). The van der Waals surface area contributed by atoms with E-state index < -0.39 is 5.60 Å². The van der Waals surface area contributed by atoms with E-state index >= 15 is 0 Å². The Hall–Kier alpha value is -1.22. The molecule has 1 unspecified atom stereocenters. The Morgan fingerprint density at radius 2 is 2.04 bits per heavy atom. The molecular formula is C16H26IN3O3. The third-order valence-corrected chi connectivity index (χ3v) is 3.57. The summed E-state index contributed by atoms with van der Waals surface area (Å²) in [4.78, 5) is 4.34. The van der Waals surface area contributed by atoms with Crippen molar-refractivity contribution in [3.8, 4) is 11.5 Å². The Bertz CT molecular complexity index is 535. The smallest absolute Gasteiger partial charge is 0.191 e. The van der Waals surface area contributed by atoms with Crippen molar-refractivity contribution in [1.29, 1.82) is 0 Å². The van der Waals surface area contributed by atoms with E-state index in [0.29, 0.717) is 24.5 Å². The molecule has 0 spiro atoms. The minimum Gasteiger partial charge on any atom is -0.493 e. The lowest BCUT2D eigenvalue weighted by Crippen LogP contribution is -2.48. The number of hydrogen-bond acceptors (Lipinski definition) is 6. The van der Waals surface area contributed by atoms with Crippen LogP contribution in [0.1, 0.15) is 18.9 Å². The fourth-order valence-electron chi connectivity index (χ4n) is 2.42. The van der Waals surface area contributed by atoms with E-state index in [4.69, 9.17) is 9.47 Å². The summed E-state index contributed by atoms with van der Waals surface area (Å²) < 4.78 is 10.5. The van der Waals surface area contributed by atoms with Gasteiger partial charge in [0, 0.05) is 26.1 Å². The molecule has 23 heavy (non-hydrogen) atoms. The van der Waals surface area contributed by atoms with Gasteiger partial charge in [-0.2, -0.15) is 0 Å². The van der Waals surface area contributed by atoms with E-state index in [1.807, 2.05) is 18.2 Å². The van der Waals surface area contributed by atoms with Crippen LogP contribution in [0, 0.1) is 0 Å². The third-order valence-electron chi connectivity index (χ3n) is 3.57. The Morgan fingerprint density at radius 1 is 1.30 bits per heavy atom. The van der Waals surface area contributed by atoms with Crippen molar-refractivity contribution >= 4 is 29.9 Å². The summed E-state index contributed by atoms with van der Waals surface area (Å²) in [6, 6.07) is 5.68. The number of nitrogens with one attached hydrogen (secondary N) is 2. The molecule has 0 saturated heterocycles. The molecular weight excluding hydrogens is 409 g/mol. The summed E-state index contributed by atoms with van der Waals surface area (Å²) in [7, 11) is 3.21. The molecule has 0 aromatic heterocycles. The number of nitrogens with zero attached hydrogens (tertiary/aromatic N) is 1. The summed E-state index contributed by atoms with van der Waals surface area (Å²) in [5.41, 5.74) is 0.101. The lowest BCUT2D eigenvalue weighted by Gasteiger charge is -2.26. The van der Waals surface area contributed by atoms with Crippen molar-refractivity contribution in [2.45, 2.75) is 25.4 Å². The quantitative estimate of drug-likeness (QED) is 0.592. The van der Waals surface area contributed by atoms with Crippen LogP contribution in [-0.2, 0) is 6.42 Å². The molecule has 0 aliphatic carbocycles. The zero-order chi connectivity index (χ0) is 16.0. The number of aliphatic imine (C=N–C) groups is 1. The first-order valence-electron chi connectivity index (χ1n) is 7.49. The molecule has 0 fully saturated rings. The van der Waals surface area contributed by atoms with E-state index in [0.717, 1.165) is 31.0 Å². The van der Waals surface area contributed by atoms with Crippen molar-refractivity contribution < 1.29 is 14.6 Å². The minimum absolute atomic E-state index is 0. The van der Waals surface area contributed by atoms with Gasteiger partial charge in [0.2, 0.25) is 0 Å². The molecule has 7 heteroatoms. The van der Waals surface area contributed by atoms with Crippen molar-refractivity contribution in [1.82, 2.24) is 10.6 Å². The van der Waals surface area contributed by atoms with Crippen molar-refractivity contribution in [2.75, 3.05) is 33.9 Å². The van der Waals surface area contributed by atoms with Crippen LogP contribution in [0.5, 0.6) is 11.5 Å². The molecule has 1 aromatic rings. The van der Waals surface area contributed by atoms with Gasteiger partial charge < -0.3 is 25.2 Å². The van der Waals surface area contributed by atoms with Crippen LogP contribution < -0.4 is 20.1 Å². The molecule has 1 heterocycles. The normalized spacial score (nSPS) is 16.3. The average molecular weight is 435 g/mol. The largest absolute Gasteiger partial charge is 0.493 e. The van der Waals surface area contributed by atoms with E-state index in [1.54, 1.807) is 21.1 Å². The maximum absolute atomic E-state index is 10.6.